The molecule has 1 fully saturated rings. The number of hydrogen-bond donors (Lipinski definition) is 2. The van der Waals surface area contributed by atoms with Gasteiger partial charge in [-0.15, -0.1) is 0 Å². The maximum atomic E-state index is 12.7. The molecule has 0 aliphatic carbocycles. The molecule has 2 aliphatic rings. The van der Waals surface area contributed by atoms with Crippen molar-refractivity contribution in [3.63, 3.8) is 0 Å². The van der Waals surface area contributed by atoms with Crippen LogP contribution < -0.4 is 4.90 Å². The second-order valence-corrected chi connectivity index (χ2v) is 11.0. The first-order valence-corrected chi connectivity index (χ1v) is 12.6. The summed E-state index contributed by atoms with van der Waals surface area (Å²) >= 11 is -1.18. The standard InChI is InChI=1S/C25H28N4O4S/c1-24(2,31)18-6-7-26-21(10-18)17-12-27-23(28-13-17)29-14-25(15-33-16-25)20-5-4-19(11-22(20)29)34(32)9-3-8-30/h4-7,10-13,30-31H,3,8-9,14-16H2,1-2H3/t34-/m0/s1. The SMILES string of the molecule is CC(C)(O)c1ccnc(-c2cnc(N3CC4(COC4)c4ccc([S@@+]([O-])CCCO)cc43)nc2)c1. The summed E-state index contributed by atoms with van der Waals surface area (Å²) in [6.07, 6.45) is 5.65. The zero-order valence-corrected chi connectivity index (χ0v) is 20.1. The average molecular weight is 481 g/mol. The molecule has 0 radical (unpaired) electrons. The Hall–Kier alpha value is -2.56. The van der Waals surface area contributed by atoms with Crippen LogP contribution in [0.4, 0.5) is 11.6 Å². The molecule has 0 bridgehead atoms. The first-order chi connectivity index (χ1) is 16.3. The molecular formula is C25H28N4O4S. The number of anilines is 2. The Labute approximate surface area is 201 Å². The van der Waals surface area contributed by atoms with Crippen LogP contribution in [0.2, 0.25) is 0 Å². The molecule has 0 amide bonds. The largest absolute Gasteiger partial charge is 0.611 e. The van der Waals surface area contributed by atoms with Crippen LogP contribution in [0.15, 0.2) is 53.8 Å². The van der Waals surface area contributed by atoms with Crippen LogP contribution >= 0.6 is 0 Å². The fourth-order valence-corrected chi connectivity index (χ4v) is 5.54. The van der Waals surface area contributed by atoms with Crippen molar-refractivity contribution in [1.82, 2.24) is 15.0 Å². The zero-order valence-electron chi connectivity index (χ0n) is 19.3. The van der Waals surface area contributed by atoms with E-state index in [4.69, 9.17) is 9.84 Å². The minimum absolute atomic E-state index is 0.0248. The van der Waals surface area contributed by atoms with Gasteiger partial charge in [0.1, 0.15) is 5.75 Å². The maximum absolute atomic E-state index is 12.7. The van der Waals surface area contributed by atoms with Crippen molar-refractivity contribution < 1.29 is 19.5 Å². The van der Waals surface area contributed by atoms with Crippen LogP contribution in [0.5, 0.6) is 0 Å². The molecule has 34 heavy (non-hydrogen) atoms. The number of rotatable bonds is 7. The predicted molar refractivity (Wildman–Crippen MR) is 129 cm³/mol. The second kappa shape index (κ2) is 8.90. The lowest BCUT2D eigenvalue weighted by Crippen LogP contribution is -2.49. The smallest absolute Gasteiger partial charge is 0.229 e. The lowest BCUT2D eigenvalue weighted by atomic mass is 9.81. The van der Waals surface area contributed by atoms with E-state index in [2.05, 4.69) is 19.9 Å². The Balaban J connectivity index is 1.46. The third-order valence-corrected chi connectivity index (χ3v) is 7.88. The van der Waals surface area contributed by atoms with E-state index >= 15 is 0 Å². The van der Waals surface area contributed by atoms with Crippen LogP contribution in [0, 0.1) is 0 Å². The maximum Gasteiger partial charge on any atom is 0.229 e. The third kappa shape index (κ3) is 4.18. The van der Waals surface area contributed by atoms with E-state index in [-0.39, 0.29) is 12.0 Å². The van der Waals surface area contributed by atoms with Gasteiger partial charge in [0.15, 0.2) is 4.90 Å². The number of fused-ring (bicyclic) bond motifs is 2. The number of aliphatic hydroxyl groups excluding tert-OH is 1. The number of aliphatic hydroxyl groups is 2. The summed E-state index contributed by atoms with van der Waals surface area (Å²) in [6, 6.07) is 9.56. The molecule has 2 aromatic heterocycles. The van der Waals surface area contributed by atoms with E-state index < -0.39 is 16.8 Å². The van der Waals surface area contributed by atoms with Gasteiger partial charge in [0.05, 0.1) is 35.6 Å². The van der Waals surface area contributed by atoms with Crippen molar-refractivity contribution in [2.75, 3.05) is 37.0 Å². The molecule has 0 saturated carbocycles. The number of benzene rings is 1. The molecule has 178 valence electrons. The molecule has 2 aliphatic heterocycles. The van der Waals surface area contributed by atoms with E-state index in [9.17, 15) is 9.66 Å². The van der Waals surface area contributed by atoms with Gasteiger partial charge >= 0.3 is 0 Å². The van der Waals surface area contributed by atoms with Gasteiger partial charge in [-0.05, 0) is 54.3 Å². The number of hydrogen-bond acceptors (Lipinski definition) is 8. The highest BCUT2D eigenvalue weighted by molar-refractivity contribution is 7.91. The van der Waals surface area contributed by atoms with Crippen LogP contribution in [0.3, 0.4) is 0 Å². The lowest BCUT2D eigenvalue weighted by Gasteiger charge is -2.38. The van der Waals surface area contributed by atoms with Gasteiger partial charge < -0.3 is 24.4 Å². The minimum Gasteiger partial charge on any atom is -0.611 e. The van der Waals surface area contributed by atoms with Gasteiger partial charge in [-0.25, -0.2) is 9.97 Å². The van der Waals surface area contributed by atoms with Crippen LogP contribution in [-0.4, -0.2) is 61.8 Å². The number of nitrogens with zero attached hydrogens (tertiary/aromatic N) is 4. The second-order valence-electron chi connectivity index (χ2n) is 9.43. The quantitative estimate of drug-likeness (QED) is 0.496. The fourth-order valence-electron chi connectivity index (χ4n) is 4.45. The Morgan fingerprint density at radius 3 is 2.56 bits per heavy atom. The molecule has 0 unspecified atom stereocenters. The summed E-state index contributed by atoms with van der Waals surface area (Å²) in [5.41, 5.74) is 3.26. The topological polar surface area (TPSA) is 115 Å². The minimum atomic E-state index is -1.18. The number of pyridine rings is 1. The summed E-state index contributed by atoms with van der Waals surface area (Å²) in [6.45, 7) is 5.46. The molecule has 1 spiro atoms. The normalized spacial score (nSPS) is 17.5. The Morgan fingerprint density at radius 2 is 1.91 bits per heavy atom. The molecule has 4 heterocycles. The Kier molecular flexibility index (Phi) is 6.07. The van der Waals surface area contributed by atoms with Crippen molar-refractivity contribution in [3.05, 3.63) is 60.0 Å². The molecule has 8 nitrogen and oxygen atoms in total. The summed E-state index contributed by atoms with van der Waals surface area (Å²) in [5.74, 6) is 0.983. The summed E-state index contributed by atoms with van der Waals surface area (Å²) in [4.78, 5) is 16.5. The van der Waals surface area contributed by atoms with E-state index in [1.165, 1.54) is 0 Å². The highest BCUT2D eigenvalue weighted by Crippen LogP contribution is 2.48. The van der Waals surface area contributed by atoms with Crippen molar-refractivity contribution in [2.24, 2.45) is 0 Å². The van der Waals surface area contributed by atoms with Crippen molar-refractivity contribution >= 4 is 22.8 Å². The molecule has 5 rings (SSSR count). The van der Waals surface area contributed by atoms with Gasteiger partial charge in [-0.3, -0.25) is 4.98 Å². The van der Waals surface area contributed by atoms with Gasteiger partial charge in [-0.2, -0.15) is 0 Å². The van der Waals surface area contributed by atoms with Crippen molar-refractivity contribution in [2.45, 2.75) is 36.2 Å². The number of aromatic nitrogens is 3. The first kappa shape index (κ1) is 23.2. The molecule has 1 aromatic carbocycles. The zero-order chi connectivity index (χ0) is 23.9. The molecule has 2 N–H and O–H groups in total. The highest BCUT2D eigenvalue weighted by Gasteiger charge is 2.49. The molecule has 1 atom stereocenters. The average Bonchev–Trinajstić information content (AvgIpc) is 3.17. The van der Waals surface area contributed by atoms with E-state index in [0.717, 1.165) is 27.3 Å². The summed E-state index contributed by atoms with van der Waals surface area (Å²) in [7, 11) is 0. The molecule has 1 saturated heterocycles. The van der Waals surface area contributed by atoms with Gasteiger partial charge in [0.2, 0.25) is 5.95 Å². The van der Waals surface area contributed by atoms with Gasteiger partial charge in [-0.1, -0.05) is 6.07 Å². The molecular weight excluding hydrogens is 452 g/mol. The monoisotopic (exact) mass is 480 g/mol. The van der Waals surface area contributed by atoms with Gasteiger partial charge in [0.25, 0.3) is 0 Å². The Morgan fingerprint density at radius 1 is 1.15 bits per heavy atom. The van der Waals surface area contributed by atoms with Crippen molar-refractivity contribution in [3.8, 4) is 11.3 Å². The van der Waals surface area contributed by atoms with Crippen molar-refractivity contribution in [1.29, 1.82) is 0 Å². The number of ether oxygens (including phenoxy) is 1. The van der Waals surface area contributed by atoms with E-state index in [0.29, 0.717) is 43.6 Å². The molecule has 3 aromatic rings. The highest BCUT2D eigenvalue weighted by atomic mass is 32.2. The predicted octanol–water partition coefficient (Wildman–Crippen LogP) is 2.68. The van der Waals surface area contributed by atoms with E-state index in [1.54, 1.807) is 38.5 Å². The Bertz CT molecular complexity index is 1180. The lowest BCUT2D eigenvalue weighted by molar-refractivity contribution is -0.0507. The van der Waals surface area contributed by atoms with Crippen LogP contribution in [0.1, 0.15) is 31.4 Å². The fraction of sp³-hybridized carbons (Fsp3) is 0.400. The van der Waals surface area contributed by atoms with Crippen LogP contribution in [0.25, 0.3) is 11.3 Å². The van der Waals surface area contributed by atoms with Gasteiger partial charge in [0, 0.05) is 49.8 Å². The van der Waals surface area contributed by atoms with Crippen LogP contribution in [-0.2, 0) is 26.9 Å². The first-order valence-electron chi connectivity index (χ1n) is 11.3. The summed E-state index contributed by atoms with van der Waals surface area (Å²) in [5, 5.41) is 19.4. The summed E-state index contributed by atoms with van der Waals surface area (Å²) < 4.78 is 18.3. The van der Waals surface area contributed by atoms with E-state index in [1.807, 2.05) is 24.3 Å². The third-order valence-electron chi connectivity index (χ3n) is 6.44. The molecule has 9 heteroatoms.